The highest BCUT2D eigenvalue weighted by Crippen LogP contribution is 2.21. The van der Waals surface area contributed by atoms with Gasteiger partial charge in [-0.2, -0.15) is 9.90 Å². The Morgan fingerprint density at radius 3 is 3.05 bits per heavy atom. The summed E-state index contributed by atoms with van der Waals surface area (Å²) in [5, 5.41) is 24.5. The van der Waals surface area contributed by atoms with Crippen molar-refractivity contribution in [1.29, 1.82) is 0 Å². The SMILES string of the molecule is C=CCc1cccc(/C=N\NC(=O)Cn2nnc(N)n2)c1O. The van der Waals surface area contributed by atoms with Gasteiger partial charge in [0.15, 0.2) is 0 Å². The van der Waals surface area contributed by atoms with E-state index in [1.807, 2.05) is 0 Å². The van der Waals surface area contributed by atoms with Crippen LogP contribution >= 0.6 is 0 Å². The van der Waals surface area contributed by atoms with Crippen molar-refractivity contribution in [2.45, 2.75) is 13.0 Å². The summed E-state index contributed by atoms with van der Waals surface area (Å²) in [6.45, 7) is 3.46. The van der Waals surface area contributed by atoms with Crippen LogP contribution in [0.5, 0.6) is 5.75 Å². The van der Waals surface area contributed by atoms with Gasteiger partial charge in [0.1, 0.15) is 12.3 Å². The number of anilines is 1. The maximum atomic E-state index is 11.6. The molecule has 22 heavy (non-hydrogen) atoms. The van der Waals surface area contributed by atoms with E-state index >= 15 is 0 Å². The van der Waals surface area contributed by atoms with Crippen LogP contribution in [0.2, 0.25) is 0 Å². The zero-order chi connectivity index (χ0) is 15.9. The van der Waals surface area contributed by atoms with Crippen molar-refractivity contribution in [1.82, 2.24) is 25.6 Å². The van der Waals surface area contributed by atoms with E-state index in [0.717, 1.165) is 10.4 Å². The van der Waals surface area contributed by atoms with Gasteiger partial charge in [-0.3, -0.25) is 4.79 Å². The van der Waals surface area contributed by atoms with E-state index in [1.165, 1.54) is 6.21 Å². The number of nitrogens with two attached hydrogens (primary N) is 1. The minimum Gasteiger partial charge on any atom is -0.507 e. The van der Waals surface area contributed by atoms with Gasteiger partial charge < -0.3 is 10.8 Å². The van der Waals surface area contributed by atoms with Crippen molar-refractivity contribution in [3.63, 3.8) is 0 Å². The van der Waals surface area contributed by atoms with E-state index in [-0.39, 0.29) is 18.2 Å². The summed E-state index contributed by atoms with van der Waals surface area (Å²) >= 11 is 0. The molecule has 0 radical (unpaired) electrons. The highest BCUT2D eigenvalue weighted by Gasteiger charge is 2.06. The number of para-hydroxylation sites is 1. The monoisotopic (exact) mass is 301 g/mol. The normalized spacial score (nSPS) is 10.7. The molecule has 0 aliphatic carbocycles. The van der Waals surface area contributed by atoms with Gasteiger partial charge in [0, 0.05) is 5.56 Å². The van der Waals surface area contributed by atoms with Crippen LogP contribution in [-0.2, 0) is 17.8 Å². The number of carbonyl (C=O) groups is 1. The van der Waals surface area contributed by atoms with Crippen LogP contribution in [-0.4, -0.2) is 37.4 Å². The molecule has 2 aromatic rings. The van der Waals surface area contributed by atoms with Crippen molar-refractivity contribution < 1.29 is 9.90 Å². The number of hydrogen-bond acceptors (Lipinski definition) is 7. The average Bonchev–Trinajstić information content (AvgIpc) is 2.88. The number of hydrazone groups is 1. The van der Waals surface area contributed by atoms with Crippen LogP contribution in [0.25, 0.3) is 0 Å². The molecule has 0 spiro atoms. The number of aromatic nitrogens is 4. The Morgan fingerprint density at radius 1 is 1.55 bits per heavy atom. The van der Waals surface area contributed by atoms with Gasteiger partial charge in [0.25, 0.3) is 11.9 Å². The molecule has 0 bridgehead atoms. The lowest BCUT2D eigenvalue weighted by Crippen LogP contribution is -2.24. The maximum absolute atomic E-state index is 11.6. The van der Waals surface area contributed by atoms with Crippen molar-refractivity contribution >= 4 is 18.1 Å². The van der Waals surface area contributed by atoms with Crippen molar-refractivity contribution in [3.8, 4) is 5.75 Å². The number of carbonyl (C=O) groups excluding carboxylic acids is 1. The number of benzene rings is 1. The van der Waals surface area contributed by atoms with Gasteiger partial charge in [0.2, 0.25) is 0 Å². The number of phenols is 1. The molecular weight excluding hydrogens is 286 g/mol. The number of amides is 1. The molecule has 0 saturated heterocycles. The number of nitrogen functional groups attached to an aromatic ring is 1. The average molecular weight is 301 g/mol. The number of nitrogens with one attached hydrogen (secondary N) is 1. The van der Waals surface area contributed by atoms with Gasteiger partial charge in [-0.15, -0.1) is 11.7 Å². The van der Waals surface area contributed by atoms with Gasteiger partial charge in [-0.05, 0) is 23.3 Å². The summed E-state index contributed by atoms with van der Waals surface area (Å²) in [6, 6.07) is 5.24. The molecule has 0 atom stereocenters. The first kappa shape index (κ1) is 15.2. The third-order valence-electron chi connectivity index (χ3n) is 2.66. The first-order chi connectivity index (χ1) is 10.6. The topological polar surface area (TPSA) is 131 Å². The number of phenolic OH excluding ortho intramolecular Hbond substituents is 1. The molecule has 1 amide bonds. The Kier molecular flexibility index (Phi) is 4.81. The summed E-state index contributed by atoms with van der Waals surface area (Å²) in [5.41, 5.74) is 8.80. The van der Waals surface area contributed by atoms with Crippen molar-refractivity contribution in [3.05, 3.63) is 42.0 Å². The Morgan fingerprint density at radius 2 is 2.36 bits per heavy atom. The third-order valence-corrected chi connectivity index (χ3v) is 2.66. The predicted octanol–water partition coefficient (Wildman–Crippen LogP) is -0.160. The fourth-order valence-electron chi connectivity index (χ4n) is 1.70. The Balaban J connectivity index is 1.96. The van der Waals surface area contributed by atoms with Gasteiger partial charge in [-0.1, -0.05) is 23.3 Å². The third kappa shape index (κ3) is 3.88. The lowest BCUT2D eigenvalue weighted by atomic mass is 10.1. The lowest BCUT2D eigenvalue weighted by Gasteiger charge is -2.04. The number of rotatable bonds is 6. The Hall–Kier alpha value is -3.23. The lowest BCUT2D eigenvalue weighted by molar-refractivity contribution is -0.122. The zero-order valence-electron chi connectivity index (χ0n) is 11.7. The second kappa shape index (κ2) is 6.97. The quantitative estimate of drug-likeness (QED) is 0.386. The fraction of sp³-hybridized carbons (Fsp3) is 0.154. The number of allylic oxidation sites excluding steroid dienone is 1. The second-order valence-corrected chi connectivity index (χ2v) is 4.32. The molecule has 4 N–H and O–H groups in total. The number of hydrogen-bond donors (Lipinski definition) is 3. The molecule has 0 unspecified atom stereocenters. The Bertz CT molecular complexity index is 708. The molecule has 0 aliphatic rings. The van der Waals surface area contributed by atoms with Gasteiger partial charge in [0.05, 0.1) is 6.21 Å². The molecular formula is C13H15N7O2. The number of tetrazole rings is 1. The molecule has 0 aliphatic heterocycles. The number of nitrogens with zero attached hydrogens (tertiary/aromatic N) is 5. The summed E-state index contributed by atoms with van der Waals surface area (Å²) in [5.74, 6) is -0.359. The first-order valence-corrected chi connectivity index (χ1v) is 6.37. The summed E-state index contributed by atoms with van der Waals surface area (Å²) in [7, 11) is 0. The molecule has 114 valence electrons. The van der Waals surface area contributed by atoms with Crippen molar-refractivity contribution in [2.24, 2.45) is 5.10 Å². The molecule has 2 rings (SSSR count). The first-order valence-electron chi connectivity index (χ1n) is 6.37. The maximum Gasteiger partial charge on any atom is 0.263 e. The minimum absolute atomic E-state index is 0.0137. The van der Waals surface area contributed by atoms with Crippen LogP contribution in [0.3, 0.4) is 0 Å². The van der Waals surface area contributed by atoms with Gasteiger partial charge >= 0.3 is 0 Å². The second-order valence-electron chi connectivity index (χ2n) is 4.32. The summed E-state index contributed by atoms with van der Waals surface area (Å²) in [6.07, 6.45) is 3.58. The summed E-state index contributed by atoms with van der Waals surface area (Å²) < 4.78 is 0. The van der Waals surface area contributed by atoms with E-state index in [9.17, 15) is 9.90 Å². The fourth-order valence-corrected chi connectivity index (χ4v) is 1.70. The highest BCUT2D eigenvalue weighted by molar-refractivity contribution is 5.85. The minimum atomic E-state index is -0.449. The molecule has 1 aromatic heterocycles. The standard InChI is InChI=1S/C13H15N7O2/c1-2-4-9-5-3-6-10(12(9)22)7-15-16-11(21)8-20-18-13(14)17-19-20/h2-3,5-7,22H,1,4,8H2,(H2,14,18)(H,16,21)/b15-7-. The molecule has 0 fully saturated rings. The van der Waals surface area contributed by atoms with E-state index in [2.05, 4.69) is 32.5 Å². The van der Waals surface area contributed by atoms with Crippen LogP contribution in [0.15, 0.2) is 36.0 Å². The van der Waals surface area contributed by atoms with Crippen LogP contribution in [0.1, 0.15) is 11.1 Å². The van der Waals surface area contributed by atoms with E-state index in [1.54, 1.807) is 24.3 Å². The number of aromatic hydroxyl groups is 1. The smallest absolute Gasteiger partial charge is 0.263 e. The summed E-state index contributed by atoms with van der Waals surface area (Å²) in [4.78, 5) is 12.6. The zero-order valence-corrected chi connectivity index (χ0v) is 11.7. The van der Waals surface area contributed by atoms with E-state index < -0.39 is 5.91 Å². The van der Waals surface area contributed by atoms with Crippen LogP contribution < -0.4 is 11.2 Å². The molecule has 9 heteroatoms. The predicted molar refractivity (Wildman–Crippen MR) is 80.0 cm³/mol. The van der Waals surface area contributed by atoms with Crippen LogP contribution in [0.4, 0.5) is 5.95 Å². The molecule has 9 nitrogen and oxygen atoms in total. The van der Waals surface area contributed by atoms with Gasteiger partial charge in [-0.25, -0.2) is 5.43 Å². The van der Waals surface area contributed by atoms with E-state index in [4.69, 9.17) is 5.73 Å². The van der Waals surface area contributed by atoms with Crippen molar-refractivity contribution in [2.75, 3.05) is 5.73 Å². The highest BCUT2D eigenvalue weighted by atomic mass is 16.3. The molecule has 0 saturated carbocycles. The largest absolute Gasteiger partial charge is 0.507 e. The molecule has 1 aromatic carbocycles. The Labute approximate surface area is 126 Å². The van der Waals surface area contributed by atoms with Crippen LogP contribution in [0, 0.1) is 0 Å². The molecule has 1 heterocycles. The van der Waals surface area contributed by atoms with E-state index in [0.29, 0.717) is 12.0 Å².